The maximum atomic E-state index is 12.6. The Kier molecular flexibility index (Phi) is 3.71. The van der Waals surface area contributed by atoms with Gasteiger partial charge < -0.3 is 10.5 Å². The lowest BCUT2D eigenvalue weighted by Gasteiger charge is -2.04. The molecule has 1 amide bonds. The summed E-state index contributed by atoms with van der Waals surface area (Å²) >= 11 is 5.73. The second kappa shape index (κ2) is 4.81. The molecular formula is C9H9ClFNO2. The van der Waals surface area contributed by atoms with Gasteiger partial charge in [0, 0.05) is 11.4 Å². The Morgan fingerprint density at radius 1 is 1.57 bits per heavy atom. The highest BCUT2D eigenvalue weighted by atomic mass is 35.5. The number of primary amides is 1. The lowest BCUT2D eigenvalue weighted by molar-refractivity contribution is 0.158. The number of amides is 1. The molecule has 3 nitrogen and oxygen atoms in total. The quantitative estimate of drug-likeness (QED) is 0.843. The summed E-state index contributed by atoms with van der Waals surface area (Å²) in [6.45, 7) is 0.140. The van der Waals surface area contributed by atoms with Crippen LogP contribution in [0.15, 0.2) is 18.2 Å². The number of carbonyl (C=O) groups is 1. The molecule has 0 saturated carbocycles. The van der Waals surface area contributed by atoms with Crippen molar-refractivity contribution in [3.05, 3.63) is 34.6 Å². The number of benzene rings is 1. The zero-order valence-corrected chi connectivity index (χ0v) is 8.05. The number of ether oxygens (including phenoxy) is 1. The standard InChI is InChI=1S/C9H9ClFNO2/c10-8-5-7(11)2-1-6(8)3-4-14-9(12)13/h1-2,5H,3-4H2,(H2,12,13). The fourth-order valence-corrected chi connectivity index (χ4v) is 1.25. The molecule has 0 aliphatic carbocycles. The van der Waals surface area contributed by atoms with Crippen molar-refractivity contribution in [3.63, 3.8) is 0 Å². The fourth-order valence-electron chi connectivity index (χ4n) is 0.986. The first kappa shape index (κ1) is 10.8. The fraction of sp³-hybridized carbons (Fsp3) is 0.222. The van der Waals surface area contributed by atoms with Crippen LogP contribution in [0.4, 0.5) is 9.18 Å². The van der Waals surface area contributed by atoms with Gasteiger partial charge in [0.1, 0.15) is 5.82 Å². The minimum atomic E-state index is -0.830. The van der Waals surface area contributed by atoms with Crippen LogP contribution in [-0.2, 0) is 11.2 Å². The molecule has 0 bridgehead atoms. The third-order valence-corrected chi connectivity index (χ3v) is 1.98. The summed E-state index contributed by atoms with van der Waals surface area (Å²) in [5.41, 5.74) is 5.48. The molecule has 1 aromatic carbocycles. The Morgan fingerprint density at radius 3 is 2.86 bits per heavy atom. The lowest BCUT2D eigenvalue weighted by Crippen LogP contribution is -2.14. The number of halogens is 2. The number of hydrogen-bond acceptors (Lipinski definition) is 2. The van der Waals surface area contributed by atoms with Gasteiger partial charge in [-0.25, -0.2) is 9.18 Å². The maximum Gasteiger partial charge on any atom is 0.404 e. The van der Waals surface area contributed by atoms with E-state index in [2.05, 4.69) is 4.74 Å². The molecule has 0 unspecified atom stereocenters. The highest BCUT2D eigenvalue weighted by Gasteiger charge is 2.02. The van der Waals surface area contributed by atoms with Crippen LogP contribution in [0.1, 0.15) is 5.56 Å². The molecule has 0 atom stereocenters. The van der Waals surface area contributed by atoms with Crippen LogP contribution < -0.4 is 5.73 Å². The van der Waals surface area contributed by atoms with E-state index in [0.717, 1.165) is 0 Å². The van der Waals surface area contributed by atoms with Crippen molar-refractivity contribution < 1.29 is 13.9 Å². The SMILES string of the molecule is NC(=O)OCCc1ccc(F)cc1Cl. The zero-order chi connectivity index (χ0) is 10.6. The largest absolute Gasteiger partial charge is 0.449 e. The molecule has 2 N–H and O–H groups in total. The first-order chi connectivity index (χ1) is 6.59. The zero-order valence-electron chi connectivity index (χ0n) is 7.30. The number of rotatable bonds is 3. The molecule has 0 heterocycles. The Hall–Kier alpha value is -1.29. The molecule has 0 spiro atoms. The van der Waals surface area contributed by atoms with Crippen molar-refractivity contribution in [1.29, 1.82) is 0 Å². The summed E-state index contributed by atoms with van der Waals surface area (Å²) in [6.07, 6.45) is -0.412. The van der Waals surface area contributed by atoms with Crippen LogP contribution in [-0.4, -0.2) is 12.7 Å². The van der Waals surface area contributed by atoms with Crippen LogP contribution in [0, 0.1) is 5.82 Å². The minimum absolute atomic E-state index is 0.140. The van der Waals surface area contributed by atoms with Crippen LogP contribution in [0.2, 0.25) is 5.02 Å². The Labute approximate surface area is 85.6 Å². The monoisotopic (exact) mass is 217 g/mol. The first-order valence-corrected chi connectivity index (χ1v) is 4.33. The topological polar surface area (TPSA) is 52.3 Å². The van der Waals surface area contributed by atoms with Crippen molar-refractivity contribution >= 4 is 17.7 Å². The summed E-state index contributed by atoms with van der Waals surface area (Å²) in [5, 5.41) is 0.318. The minimum Gasteiger partial charge on any atom is -0.449 e. The van der Waals surface area contributed by atoms with Gasteiger partial charge in [-0.1, -0.05) is 17.7 Å². The average molecular weight is 218 g/mol. The summed E-state index contributed by atoms with van der Waals surface area (Å²) < 4.78 is 17.1. The van der Waals surface area contributed by atoms with E-state index in [9.17, 15) is 9.18 Å². The van der Waals surface area contributed by atoms with E-state index in [1.165, 1.54) is 12.1 Å². The predicted molar refractivity (Wildman–Crippen MR) is 50.6 cm³/mol. The molecule has 0 aliphatic rings. The lowest BCUT2D eigenvalue weighted by atomic mass is 10.1. The second-order valence-corrected chi connectivity index (χ2v) is 3.06. The van der Waals surface area contributed by atoms with E-state index in [-0.39, 0.29) is 6.61 Å². The number of nitrogens with two attached hydrogens (primary N) is 1. The van der Waals surface area contributed by atoms with E-state index in [1.807, 2.05) is 0 Å². The highest BCUT2D eigenvalue weighted by molar-refractivity contribution is 6.31. The van der Waals surface area contributed by atoms with E-state index in [1.54, 1.807) is 6.07 Å². The van der Waals surface area contributed by atoms with Crippen LogP contribution in [0.3, 0.4) is 0 Å². The summed E-state index contributed by atoms with van der Waals surface area (Å²) in [4.78, 5) is 10.2. The van der Waals surface area contributed by atoms with Gasteiger partial charge >= 0.3 is 6.09 Å². The van der Waals surface area contributed by atoms with E-state index in [4.69, 9.17) is 17.3 Å². The van der Waals surface area contributed by atoms with Crippen LogP contribution in [0.25, 0.3) is 0 Å². The van der Waals surface area contributed by atoms with Crippen LogP contribution in [0.5, 0.6) is 0 Å². The number of hydrogen-bond donors (Lipinski definition) is 1. The third kappa shape index (κ3) is 3.22. The summed E-state index contributed by atoms with van der Waals surface area (Å²) in [7, 11) is 0. The molecular weight excluding hydrogens is 209 g/mol. The smallest absolute Gasteiger partial charge is 0.404 e. The highest BCUT2D eigenvalue weighted by Crippen LogP contribution is 2.17. The predicted octanol–water partition coefficient (Wildman–Crippen LogP) is 2.12. The van der Waals surface area contributed by atoms with Gasteiger partial charge in [0.05, 0.1) is 6.61 Å². The van der Waals surface area contributed by atoms with Gasteiger partial charge in [-0.05, 0) is 17.7 Å². The average Bonchev–Trinajstić information content (AvgIpc) is 2.08. The molecule has 1 aromatic rings. The van der Waals surface area contributed by atoms with E-state index in [0.29, 0.717) is 17.0 Å². The van der Waals surface area contributed by atoms with Gasteiger partial charge in [-0.2, -0.15) is 0 Å². The van der Waals surface area contributed by atoms with Gasteiger partial charge in [-0.3, -0.25) is 0 Å². The van der Waals surface area contributed by atoms with Crippen LogP contribution >= 0.6 is 11.6 Å². The molecule has 0 fully saturated rings. The molecule has 0 radical (unpaired) electrons. The molecule has 76 valence electrons. The normalized spacial score (nSPS) is 9.86. The first-order valence-electron chi connectivity index (χ1n) is 3.96. The molecule has 5 heteroatoms. The second-order valence-electron chi connectivity index (χ2n) is 2.65. The van der Waals surface area contributed by atoms with E-state index >= 15 is 0 Å². The van der Waals surface area contributed by atoms with Crippen molar-refractivity contribution in [2.75, 3.05) is 6.61 Å². The summed E-state index contributed by atoms with van der Waals surface area (Å²) in [6, 6.07) is 4.05. The third-order valence-electron chi connectivity index (χ3n) is 1.63. The summed E-state index contributed by atoms with van der Waals surface area (Å²) in [5.74, 6) is -0.394. The molecule has 14 heavy (non-hydrogen) atoms. The Morgan fingerprint density at radius 2 is 2.29 bits per heavy atom. The Balaban J connectivity index is 2.55. The van der Waals surface area contributed by atoms with Gasteiger partial charge in [-0.15, -0.1) is 0 Å². The number of carbonyl (C=O) groups excluding carboxylic acids is 1. The van der Waals surface area contributed by atoms with E-state index < -0.39 is 11.9 Å². The van der Waals surface area contributed by atoms with Crippen molar-refractivity contribution in [2.45, 2.75) is 6.42 Å². The molecule has 0 aliphatic heterocycles. The molecule has 0 aromatic heterocycles. The van der Waals surface area contributed by atoms with Crippen molar-refractivity contribution in [1.82, 2.24) is 0 Å². The van der Waals surface area contributed by atoms with Gasteiger partial charge in [0.25, 0.3) is 0 Å². The maximum absolute atomic E-state index is 12.6. The molecule has 0 saturated heterocycles. The van der Waals surface area contributed by atoms with Gasteiger partial charge in [0.15, 0.2) is 0 Å². The van der Waals surface area contributed by atoms with Gasteiger partial charge in [0.2, 0.25) is 0 Å². The molecule has 1 rings (SSSR count). The Bertz CT molecular complexity index is 344. The van der Waals surface area contributed by atoms with Crippen molar-refractivity contribution in [2.24, 2.45) is 5.73 Å². The van der Waals surface area contributed by atoms with Crippen molar-refractivity contribution in [3.8, 4) is 0 Å².